The van der Waals surface area contributed by atoms with Crippen molar-refractivity contribution in [3.8, 4) is 0 Å². The molecule has 0 aromatic heterocycles. The second kappa shape index (κ2) is 9.50. The van der Waals surface area contributed by atoms with Crippen LogP contribution in [0.4, 0.5) is 0 Å². The third-order valence-electron chi connectivity index (χ3n) is 3.94. The minimum Gasteiger partial charge on any atom is -0.550 e. The molecule has 0 aliphatic heterocycles. The molecule has 126 valence electrons. The van der Waals surface area contributed by atoms with Crippen molar-refractivity contribution < 1.29 is 14.7 Å². The monoisotopic (exact) mass is 324 g/mol. The molecule has 0 unspecified atom stereocenters. The number of benzene rings is 2. The minimum absolute atomic E-state index is 0.0793. The number of hydrogen-bond donors (Lipinski definition) is 1. The summed E-state index contributed by atoms with van der Waals surface area (Å²) in [6, 6.07) is 20.4. The molecule has 0 aliphatic rings. The summed E-state index contributed by atoms with van der Waals surface area (Å²) in [6.07, 6.45) is 1.24. The molecule has 4 heteroatoms. The maximum Gasteiger partial charge on any atom is 0.220 e. The van der Waals surface area contributed by atoms with Gasteiger partial charge in [0.25, 0.3) is 0 Å². The van der Waals surface area contributed by atoms with Gasteiger partial charge in [0.05, 0.1) is 0 Å². The molecule has 0 saturated carbocycles. The SMILES string of the molecule is O=C([O-])CCCC(=O)NCCC(c1ccccc1)c1ccccc1. The first-order valence-corrected chi connectivity index (χ1v) is 8.23. The van der Waals surface area contributed by atoms with Crippen LogP contribution in [0, 0.1) is 0 Å². The van der Waals surface area contributed by atoms with E-state index in [4.69, 9.17) is 0 Å². The van der Waals surface area contributed by atoms with E-state index in [2.05, 4.69) is 29.6 Å². The number of nitrogens with one attached hydrogen (secondary N) is 1. The van der Waals surface area contributed by atoms with Crippen LogP contribution in [0.2, 0.25) is 0 Å². The number of carboxylic acids is 1. The third-order valence-corrected chi connectivity index (χ3v) is 3.94. The zero-order chi connectivity index (χ0) is 17.2. The van der Waals surface area contributed by atoms with Gasteiger partial charge in [0, 0.05) is 24.9 Å². The molecular formula is C20H22NO3-. The summed E-state index contributed by atoms with van der Waals surface area (Å²) in [7, 11) is 0. The van der Waals surface area contributed by atoms with Gasteiger partial charge in [0.15, 0.2) is 0 Å². The van der Waals surface area contributed by atoms with Gasteiger partial charge < -0.3 is 15.2 Å². The molecule has 2 aromatic rings. The van der Waals surface area contributed by atoms with Crippen molar-refractivity contribution in [3.05, 3.63) is 71.8 Å². The van der Waals surface area contributed by atoms with E-state index < -0.39 is 5.97 Å². The van der Waals surface area contributed by atoms with Crippen molar-refractivity contribution in [3.63, 3.8) is 0 Å². The Morgan fingerprint density at radius 1 is 0.875 bits per heavy atom. The molecule has 2 rings (SSSR count). The van der Waals surface area contributed by atoms with Gasteiger partial charge in [-0.15, -0.1) is 0 Å². The zero-order valence-corrected chi connectivity index (χ0v) is 13.6. The van der Waals surface area contributed by atoms with E-state index in [-0.39, 0.29) is 24.7 Å². The summed E-state index contributed by atoms with van der Waals surface area (Å²) in [6.45, 7) is 0.554. The van der Waals surface area contributed by atoms with E-state index in [0.717, 1.165) is 6.42 Å². The fourth-order valence-corrected chi connectivity index (χ4v) is 2.73. The van der Waals surface area contributed by atoms with E-state index in [1.54, 1.807) is 0 Å². The Balaban J connectivity index is 1.90. The van der Waals surface area contributed by atoms with Crippen LogP contribution in [0.15, 0.2) is 60.7 Å². The molecular weight excluding hydrogens is 302 g/mol. The zero-order valence-electron chi connectivity index (χ0n) is 13.6. The van der Waals surface area contributed by atoms with Crippen molar-refractivity contribution >= 4 is 11.9 Å². The van der Waals surface area contributed by atoms with Gasteiger partial charge >= 0.3 is 0 Å². The van der Waals surface area contributed by atoms with Crippen LogP contribution < -0.4 is 10.4 Å². The van der Waals surface area contributed by atoms with Crippen molar-refractivity contribution in [2.45, 2.75) is 31.6 Å². The summed E-state index contributed by atoms with van der Waals surface area (Å²) >= 11 is 0. The van der Waals surface area contributed by atoms with Crippen LogP contribution >= 0.6 is 0 Å². The van der Waals surface area contributed by atoms with Gasteiger partial charge in [0.1, 0.15) is 0 Å². The molecule has 0 heterocycles. The van der Waals surface area contributed by atoms with Crippen molar-refractivity contribution in [2.75, 3.05) is 6.54 Å². The fraction of sp³-hybridized carbons (Fsp3) is 0.300. The lowest BCUT2D eigenvalue weighted by molar-refractivity contribution is -0.305. The topological polar surface area (TPSA) is 69.2 Å². The number of carbonyl (C=O) groups excluding carboxylic acids is 2. The van der Waals surface area contributed by atoms with E-state index in [1.807, 2.05) is 36.4 Å². The molecule has 4 nitrogen and oxygen atoms in total. The van der Waals surface area contributed by atoms with Crippen LogP contribution in [0.5, 0.6) is 0 Å². The third kappa shape index (κ3) is 5.88. The Hall–Kier alpha value is -2.62. The normalized spacial score (nSPS) is 10.5. The lowest BCUT2D eigenvalue weighted by Gasteiger charge is -2.18. The summed E-state index contributed by atoms with van der Waals surface area (Å²) in [5.41, 5.74) is 2.44. The molecule has 0 fully saturated rings. The largest absolute Gasteiger partial charge is 0.550 e. The first-order valence-electron chi connectivity index (χ1n) is 8.23. The highest BCUT2D eigenvalue weighted by atomic mass is 16.4. The van der Waals surface area contributed by atoms with Crippen LogP contribution in [0.1, 0.15) is 42.7 Å². The van der Waals surface area contributed by atoms with Gasteiger partial charge in [-0.25, -0.2) is 0 Å². The molecule has 0 aliphatic carbocycles. The number of aliphatic carboxylic acids is 1. The number of carboxylic acid groups (broad SMARTS) is 1. The van der Waals surface area contributed by atoms with E-state index in [0.29, 0.717) is 13.0 Å². The molecule has 2 aromatic carbocycles. The molecule has 0 atom stereocenters. The predicted octanol–water partition coefficient (Wildman–Crippen LogP) is 2.24. The summed E-state index contributed by atoms with van der Waals surface area (Å²) < 4.78 is 0. The van der Waals surface area contributed by atoms with Crippen molar-refractivity contribution in [1.29, 1.82) is 0 Å². The highest BCUT2D eigenvalue weighted by Gasteiger charge is 2.14. The number of carbonyl (C=O) groups is 2. The Morgan fingerprint density at radius 2 is 1.42 bits per heavy atom. The van der Waals surface area contributed by atoms with Crippen LogP contribution in [-0.2, 0) is 9.59 Å². The first kappa shape index (κ1) is 17.7. The van der Waals surface area contributed by atoms with Crippen LogP contribution in [0.3, 0.4) is 0 Å². The predicted molar refractivity (Wildman–Crippen MR) is 91.2 cm³/mol. The lowest BCUT2D eigenvalue weighted by Crippen LogP contribution is -2.27. The molecule has 1 amide bonds. The summed E-state index contributed by atoms with van der Waals surface area (Å²) in [5, 5.41) is 13.2. The first-order chi connectivity index (χ1) is 11.7. The van der Waals surface area contributed by atoms with Crippen molar-refractivity contribution in [2.24, 2.45) is 0 Å². The quantitative estimate of drug-likeness (QED) is 0.769. The van der Waals surface area contributed by atoms with E-state index >= 15 is 0 Å². The van der Waals surface area contributed by atoms with Gasteiger partial charge in [-0.3, -0.25) is 4.79 Å². The average molecular weight is 324 g/mol. The Kier molecular flexibility index (Phi) is 7.02. The van der Waals surface area contributed by atoms with Gasteiger partial charge in [-0.05, 0) is 30.4 Å². The van der Waals surface area contributed by atoms with Crippen LogP contribution in [0.25, 0.3) is 0 Å². The van der Waals surface area contributed by atoms with Gasteiger partial charge in [-0.2, -0.15) is 0 Å². The molecule has 0 saturated heterocycles. The molecule has 0 spiro atoms. The highest BCUT2D eigenvalue weighted by molar-refractivity contribution is 5.76. The standard InChI is InChI=1S/C20H23NO3/c22-19(12-7-13-20(23)24)21-15-14-18(16-8-3-1-4-9-16)17-10-5-2-6-11-17/h1-6,8-11,18H,7,12-15H2,(H,21,22)(H,23,24)/p-1. The highest BCUT2D eigenvalue weighted by Crippen LogP contribution is 2.27. The number of hydrogen-bond acceptors (Lipinski definition) is 3. The van der Waals surface area contributed by atoms with Crippen LogP contribution in [-0.4, -0.2) is 18.4 Å². The second-order valence-electron chi connectivity index (χ2n) is 5.74. The smallest absolute Gasteiger partial charge is 0.220 e. The molecule has 0 radical (unpaired) electrons. The van der Waals surface area contributed by atoms with E-state index in [1.165, 1.54) is 11.1 Å². The second-order valence-corrected chi connectivity index (χ2v) is 5.74. The summed E-state index contributed by atoms with van der Waals surface area (Å²) in [4.78, 5) is 22.1. The maximum atomic E-state index is 11.8. The van der Waals surface area contributed by atoms with Crippen molar-refractivity contribution in [1.82, 2.24) is 5.32 Å². The Labute approximate surface area is 142 Å². The Bertz CT molecular complexity index is 601. The average Bonchev–Trinajstić information content (AvgIpc) is 2.60. The minimum atomic E-state index is -1.11. The maximum absolute atomic E-state index is 11.8. The van der Waals surface area contributed by atoms with Gasteiger partial charge in [0.2, 0.25) is 5.91 Å². The van der Waals surface area contributed by atoms with Gasteiger partial charge in [-0.1, -0.05) is 60.7 Å². The molecule has 0 bridgehead atoms. The number of rotatable bonds is 9. The Morgan fingerprint density at radius 3 is 1.92 bits per heavy atom. The lowest BCUT2D eigenvalue weighted by atomic mass is 9.88. The molecule has 1 N–H and O–H groups in total. The fourth-order valence-electron chi connectivity index (χ4n) is 2.73. The number of amides is 1. The van der Waals surface area contributed by atoms with E-state index in [9.17, 15) is 14.7 Å². The molecule has 24 heavy (non-hydrogen) atoms. The summed E-state index contributed by atoms with van der Waals surface area (Å²) in [5.74, 6) is -1.01.